The molecule has 2 fully saturated rings. The van der Waals surface area contributed by atoms with Crippen LogP contribution in [0, 0.1) is 24.7 Å². The number of aryl methyl sites for hydroxylation is 2. The Labute approximate surface area is 227 Å². The van der Waals surface area contributed by atoms with Crippen molar-refractivity contribution in [3.05, 3.63) is 82.9 Å². The van der Waals surface area contributed by atoms with E-state index in [1.165, 1.54) is 11.1 Å². The Morgan fingerprint density at radius 2 is 0.973 bits per heavy atom. The molecule has 37 heavy (non-hydrogen) atoms. The summed E-state index contributed by atoms with van der Waals surface area (Å²) < 4.78 is 24.6. The molecule has 0 aliphatic carbocycles. The predicted molar refractivity (Wildman–Crippen MR) is 155 cm³/mol. The van der Waals surface area contributed by atoms with Crippen molar-refractivity contribution in [1.82, 2.24) is 0 Å². The molecule has 0 atom stereocenters. The van der Waals surface area contributed by atoms with E-state index < -0.39 is 0 Å². The van der Waals surface area contributed by atoms with Gasteiger partial charge in [0.2, 0.25) is 0 Å². The van der Waals surface area contributed by atoms with Crippen molar-refractivity contribution >= 4 is 22.9 Å². The molecule has 5 heteroatoms. The van der Waals surface area contributed by atoms with Crippen LogP contribution in [0.2, 0.25) is 0 Å². The van der Waals surface area contributed by atoms with E-state index in [9.17, 15) is 0 Å². The fourth-order valence-electron chi connectivity index (χ4n) is 4.30. The monoisotopic (exact) mass is 522 g/mol. The second-order valence-electron chi connectivity index (χ2n) is 11.8. The first-order chi connectivity index (χ1) is 17.6. The highest BCUT2D eigenvalue weighted by Crippen LogP contribution is 2.32. The Balaban J connectivity index is 1.46. The van der Waals surface area contributed by atoms with Crippen molar-refractivity contribution in [2.24, 2.45) is 10.8 Å². The van der Waals surface area contributed by atoms with Crippen LogP contribution in [-0.2, 0) is 18.9 Å². The number of hydrogen-bond donors (Lipinski definition) is 0. The van der Waals surface area contributed by atoms with E-state index in [-0.39, 0.29) is 23.4 Å². The van der Waals surface area contributed by atoms with E-state index in [2.05, 4.69) is 102 Å². The first-order valence-corrected chi connectivity index (χ1v) is 14.4. The summed E-state index contributed by atoms with van der Waals surface area (Å²) in [5, 5.41) is 0. The standard InChI is InChI=1S/C32H42O4S/c1-23-7-11-25(12-8-23)27(29-33-19-31(3,4)20-34-29)15-17-37-18-16-28(26-13-9-24(2)10-14-26)30-35-21-32(5,6)22-36-30/h7-16,29-30H,17-22H2,1-6H3. The van der Waals surface area contributed by atoms with Gasteiger partial charge in [-0.05, 0) is 25.0 Å². The van der Waals surface area contributed by atoms with Gasteiger partial charge in [-0.25, -0.2) is 0 Å². The second kappa shape index (κ2) is 12.3. The number of hydrogen-bond acceptors (Lipinski definition) is 5. The summed E-state index contributed by atoms with van der Waals surface area (Å²) >= 11 is 1.86. The molecule has 0 aromatic heterocycles. The van der Waals surface area contributed by atoms with Gasteiger partial charge in [-0.2, -0.15) is 11.8 Å². The van der Waals surface area contributed by atoms with Crippen molar-refractivity contribution < 1.29 is 18.9 Å². The molecule has 2 saturated heterocycles. The third-order valence-electron chi connectivity index (χ3n) is 6.62. The molecule has 2 aromatic carbocycles. The SMILES string of the molecule is Cc1ccc(C(=CCSCC=C(c2ccc(C)cc2)C2OCC(C)(C)CO2)C2OCC(C)(C)CO2)cc1. The van der Waals surface area contributed by atoms with E-state index in [0.717, 1.165) is 33.8 Å². The van der Waals surface area contributed by atoms with Crippen LogP contribution in [-0.4, -0.2) is 50.5 Å². The minimum atomic E-state index is -0.331. The Bertz CT molecular complexity index is 975. The molecule has 4 nitrogen and oxygen atoms in total. The van der Waals surface area contributed by atoms with Crippen LogP contribution in [0.25, 0.3) is 11.1 Å². The number of ether oxygens (including phenoxy) is 4. The Hall–Kier alpha value is -1.89. The van der Waals surface area contributed by atoms with Gasteiger partial charge in [-0.15, -0.1) is 0 Å². The fourth-order valence-corrected chi connectivity index (χ4v) is 5.03. The molecule has 0 amide bonds. The van der Waals surface area contributed by atoms with Crippen molar-refractivity contribution in [3.8, 4) is 0 Å². The lowest BCUT2D eigenvalue weighted by Crippen LogP contribution is -2.38. The van der Waals surface area contributed by atoms with E-state index >= 15 is 0 Å². The van der Waals surface area contributed by atoms with Crippen molar-refractivity contribution in [1.29, 1.82) is 0 Å². The van der Waals surface area contributed by atoms with Gasteiger partial charge in [-0.3, -0.25) is 0 Å². The lowest BCUT2D eigenvalue weighted by Gasteiger charge is -2.36. The van der Waals surface area contributed by atoms with Crippen LogP contribution in [0.5, 0.6) is 0 Å². The highest BCUT2D eigenvalue weighted by molar-refractivity contribution is 7.99. The van der Waals surface area contributed by atoms with Crippen LogP contribution >= 0.6 is 11.8 Å². The smallest absolute Gasteiger partial charge is 0.184 e. The van der Waals surface area contributed by atoms with Gasteiger partial charge in [-0.1, -0.05) is 99.5 Å². The first-order valence-electron chi connectivity index (χ1n) is 13.2. The number of thioether (sulfide) groups is 1. The summed E-state index contributed by atoms with van der Waals surface area (Å²) in [6, 6.07) is 17.2. The number of benzene rings is 2. The normalized spacial score (nSPS) is 21.2. The molecule has 0 bridgehead atoms. The third-order valence-corrected chi connectivity index (χ3v) is 7.43. The zero-order valence-corrected chi connectivity index (χ0v) is 24.0. The molecule has 0 radical (unpaired) electrons. The van der Waals surface area contributed by atoms with Crippen molar-refractivity contribution in [2.75, 3.05) is 37.9 Å². The fraction of sp³-hybridized carbons (Fsp3) is 0.500. The summed E-state index contributed by atoms with van der Waals surface area (Å²) in [5.41, 5.74) is 7.08. The maximum absolute atomic E-state index is 6.15. The highest BCUT2D eigenvalue weighted by Gasteiger charge is 2.32. The van der Waals surface area contributed by atoms with Crippen LogP contribution < -0.4 is 0 Å². The van der Waals surface area contributed by atoms with Crippen LogP contribution in [0.3, 0.4) is 0 Å². The topological polar surface area (TPSA) is 36.9 Å². The van der Waals surface area contributed by atoms with Gasteiger partial charge >= 0.3 is 0 Å². The predicted octanol–water partition coefficient (Wildman–Crippen LogP) is 7.30. The lowest BCUT2D eigenvalue weighted by molar-refractivity contribution is -0.192. The molecule has 2 aromatic rings. The molecule has 4 rings (SSSR count). The molecule has 2 aliphatic heterocycles. The van der Waals surface area contributed by atoms with Crippen LogP contribution in [0.4, 0.5) is 0 Å². The summed E-state index contributed by atoms with van der Waals surface area (Å²) in [7, 11) is 0. The summed E-state index contributed by atoms with van der Waals surface area (Å²) in [6.45, 7) is 15.7. The largest absolute Gasteiger partial charge is 0.348 e. The Morgan fingerprint density at radius 3 is 1.30 bits per heavy atom. The molecule has 0 saturated carbocycles. The van der Waals surface area contributed by atoms with E-state index in [1.54, 1.807) is 0 Å². The van der Waals surface area contributed by atoms with Crippen molar-refractivity contribution in [3.63, 3.8) is 0 Å². The van der Waals surface area contributed by atoms with Crippen molar-refractivity contribution in [2.45, 2.75) is 54.1 Å². The number of rotatable bonds is 8. The van der Waals surface area contributed by atoms with E-state index in [4.69, 9.17) is 18.9 Å². The molecule has 2 heterocycles. The summed E-state index contributed by atoms with van der Waals surface area (Å²) in [4.78, 5) is 0. The molecule has 0 N–H and O–H groups in total. The molecule has 2 aliphatic rings. The second-order valence-corrected chi connectivity index (χ2v) is 12.9. The van der Waals surface area contributed by atoms with Gasteiger partial charge in [0.25, 0.3) is 0 Å². The quantitative estimate of drug-likeness (QED) is 0.340. The maximum Gasteiger partial charge on any atom is 0.184 e. The maximum atomic E-state index is 6.15. The van der Waals surface area contributed by atoms with Gasteiger partial charge in [0.15, 0.2) is 12.6 Å². The molecular formula is C32H42O4S. The Kier molecular flexibility index (Phi) is 9.36. The molecule has 200 valence electrons. The Morgan fingerprint density at radius 1 is 0.649 bits per heavy atom. The van der Waals surface area contributed by atoms with Gasteiger partial charge in [0.1, 0.15) is 0 Å². The third kappa shape index (κ3) is 8.05. The average molecular weight is 523 g/mol. The van der Waals surface area contributed by atoms with Gasteiger partial charge < -0.3 is 18.9 Å². The molecule has 0 spiro atoms. The minimum absolute atomic E-state index is 0.0410. The highest BCUT2D eigenvalue weighted by atomic mass is 32.2. The summed E-state index contributed by atoms with van der Waals surface area (Å²) in [6.07, 6.45) is 3.85. The van der Waals surface area contributed by atoms with E-state index in [1.807, 2.05) is 11.8 Å². The van der Waals surface area contributed by atoms with E-state index in [0.29, 0.717) is 26.4 Å². The lowest BCUT2D eigenvalue weighted by atomic mass is 9.94. The first kappa shape index (κ1) is 28.1. The summed E-state index contributed by atoms with van der Waals surface area (Å²) in [5.74, 6) is 1.71. The van der Waals surface area contributed by atoms with Crippen LogP contribution in [0.1, 0.15) is 49.9 Å². The van der Waals surface area contributed by atoms with Gasteiger partial charge in [0.05, 0.1) is 26.4 Å². The minimum Gasteiger partial charge on any atom is -0.348 e. The average Bonchev–Trinajstić information content (AvgIpc) is 2.86. The zero-order valence-electron chi connectivity index (χ0n) is 23.2. The zero-order chi connectivity index (χ0) is 26.5. The van der Waals surface area contributed by atoms with Crippen LogP contribution in [0.15, 0.2) is 60.7 Å². The van der Waals surface area contributed by atoms with Gasteiger partial charge in [0, 0.05) is 33.5 Å². The molecular weight excluding hydrogens is 480 g/mol. The molecule has 0 unspecified atom stereocenters.